The predicted octanol–water partition coefficient (Wildman–Crippen LogP) is 16.0. The molecule has 0 aliphatic heterocycles. The fraction of sp³-hybridized carbons (Fsp3) is 0. The van der Waals surface area contributed by atoms with Gasteiger partial charge in [0.05, 0.1) is 5.69 Å². The zero-order valence-electron chi connectivity index (χ0n) is 31.7. The molecule has 0 unspecified atom stereocenters. The molecule has 0 spiro atoms. The van der Waals surface area contributed by atoms with Gasteiger partial charge in [0.25, 0.3) is 0 Å². The highest BCUT2D eigenvalue weighted by Crippen LogP contribution is 2.44. The highest BCUT2D eigenvalue weighted by molar-refractivity contribution is 6.09. The minimum absolute atomic E-state index is 0.904. The van der Waals surface area contributed by atoms with E-state index in [0.717, 1.165) is 55.7 Å². The van der Waals surface area contributed by atoms with Crippen molar-refractivity contribution in [3.8, 4) is 44.5 Å². The van der Waals surface area contributed by atoms with Crippen LogP contribution in [0.4, 0.5) is 17.1 Å². The van der Waals surface area contributed by atoms with Crippen LogP contribution in [0.25, 0.3) is 88.0 Å². The lowest BCUT2D eigenvalue weighted by atomic mass is 9.95. The third-order valence-corrected chi connectivity index (χ3v) is 11.5. The molecule has 0 aliphatic rings. The van der Waals surface area contributed by atoms with Gasteiger partial charge in [0, 0.05) is 33.3 Å². The molecule has 1 heterocycles. The lowest BCUT2D eigenvalue weighted by Crippen LogP contribution is -2.11. The SMILES string of the molecule is c1cc(-c2ccc(-c3ccc4ccccc4c3)cc2)cc(N(c2ccc(-c3cccc4c3oc3ccccc34)cc2)c2ccccc2-c2cccc3ccccc23)c1. The van der Waals surface area contributed by atoms with Crippen LogP contribution in [0.1, 0.15) is 0 Å². The van der Waals surface area contributed by atoms with Crippen LogP contribution in [0.15, 0.2) is 229 Å². The van der Waals surface area contributed by atoms with E-state index in [1.54, 1.807) is 0 Å². The summed E-state index contributed by atoms with van der Waals surface area (Å²) in [5.41, 5.74) is 14.4. The van der Waals surface area contributed by atoms with Crippen LogP contribution in [0.5, 0.6) is 0 Å². The van der Waals surface area contributed by atoms with Crippen molar-refractivity contribution in [3.05, 3.63) is 224 Å². The van der Waals surface area contributed by atoms with Gasteiger partial charge in [-0.25, -0.2) is 0 Å². The third kappa shape index (κ3) is 5.91. The first kappa shape index (κ1) is 33.6. The van der Waals surface area contributed by atoms with Crippen molar-refractivity contribution < 1.29 is 4.42 Å². The Morgan fingerprint density at radius 1 is 0.293 bits per heavy atom. The maximum Gasteiger partial charge on any atom is 0.143 e. The van der Waals surface area contributed by atoms with E-state index in [1.807, 2.05) is 12.1 Å². The Kier molecular flexibility index (Phi) is 8.19. The van der Waals surface area contributed by atoms with E-state index < -0.39 is 0 Å². The second-order valence-electron chi connectivity index (χ2n) is 14.9. The summed E-state index contributed by atoms with van der Waals surface area (Å²) in [5.74, 6) is 0. The highest BCUT2D eigenvalue weighted by atomic mass is 16.3. The number of hydrogen-bond donors (Lipinski definition) is 0. The first-order valence-electron chi connectivity index (χ1n) is 19.8. The zero-order chi connectivity index (χ0) is 38.4. The van der Waals surface area contributed by atoms with Crippen LogP contribution in [0.2, 0.25) is 0 Å². The molecule has 0 atom stereocenters. The van der Waals surface area contributed by atoms with Gasteiger partial charge in [0.1, 0.15) is 11.2 Å². The van der Waals surface area contributed by atoms with Crippen molar-refractivity contribution in [2.24, 2.45) is 0 Å². The van der Waals surface area contributed by atoms with Gasteiger partial charge >= 0.3 is 0 Å². The average Bonchev–Trinajstić information content (AvgIpc) is 3.69. The Bertz CT molecular complexity index is 3280. The van der Waals surface area contributed by atoms with Gasteiger partial charge in [-0.15, -0.1) is 0 Å². The van der Waals surface area contributed by atoms with Crippen LogP contribution in [-0.4, -0.2) is 0 Å². The summed E-state index contributed by atoms with van der Waals surface area (Å²) in [6.07, 6.45) is 0. The number of fused-ring (bicyclic) bond motifs is 5. The molecule has 272 valence electrons. The van der Waals surface area contributed by atoms with Crippen molar-refractivity contribution in [2.45, 2.75) is 0 Å². The topological polar surface area (TPSA) is 16.4 Å². The van der Waals surface area contributed by atoms with Gasteiger partial charge in [-0.1, -0.05) is 182 Å². The van der Waals surface area contributed by atoms with E-state index in [9.17, 15) is 0 Å². The molecule has 2 heteroatoms. The predicted molar refractivity (Wildman–Crippen MR) is 245 cm³/mol. The minimum atomic E-state index is 0.904. The smallest absolute Gasteiger partial charge is 0.143 e. The second kappa shape index (κ2) is 14.1. The molecular weight excluding hydrogens is 703 g/mol. The van der Waals surface area contributed by atoms with Crippen LogP contribution in [0, 0.1) is 0 Å². The molecule has 58 heavy (non-hydrogen) atoms. The molecule has 0 bridgehead atoms. The van der Waals surface area contributed by atoms with E-state index in [1.165, 1.54) is 49.4 Å². The van der Waals surface area contributed by atoms with Gasteiger partial charge in [0.2, 0.25) is 0 Å². The summed E-state index contributed by atoms with van der Waals surface area (Å²) in [5, 5.41) is 7.22. The number of anilines is 3. The van der Waals surface area contributed by atoms with Gasteiger partial charge < -0.3 is 9.32 Å². The van der Waals surface area contributed by atoms with Crippen LogP contribution >= 0.6 is 0 Å². The summed E-state index contributed by atoms with van der Waals surface area (Å²) >= 11 is 0. The van der Waals surface area contributed by atoms with Crippen molar-refractivity contribution in [3.63, 3.8) is 0 Å². The molecular formula is C56H37NO. The molecule has 2 nitrogen and oxygen atoms in total. The van der Waals surface area contributed by atoms with Crippen molar-refractivity contribution in [2.75, 3.05) is 4.90 Å². The molecule has 0 aliphatic carbocycles. The molecule has 1 aromatic heterocycles. The lowest BCUT2D eigenvalue weighted by molar-refractivity contribution is 0.670. The molecule has 0 amide bonds. The van der Waals surface area contributed by atoms with Crippen molar-refractivity contribution >= 4 is 60.5 Å². The molecule has 0 fully saturated rings. The van der Waals surface area contributed by atoms with Crippen molar-refractivity contribution in [1.82, 2.24) is 0 Å². The largest absolute Gasteiger partial charge is 0.455 e. The number of benzene rings is 10. The molecule has 11 aromatic rings. The van der Waals surface area contributed by atoms with E-state index in [-0.39, 0.29) is 0 Å². The fourth-order valence-electron chi connectivity index (χ4n) is 8.60. The summed E-state index contributed by atoms with van der Waals surface area (Å²) in [6.45, 7) is 0. The Morgan fingerprint density at radius 2 is 0.862 bits per heavy atom. The summed E-state index contributed by atoms with van der Waals surface area (Å²) in [4.78, 5) is 2.40. The fourth-order valence-corrected chi connectivity index (χ4v) is 8.60. The molecule has 10 aromatic carbocycles. The molecule has 0 N–H and O–H groups in total. The van der Waals surface area contributed by atoms with Gasteiger partial charge in [-0.3, -0.25) is 0 Å². The van der Waals surface area contributed by atoms with Gasteiger partial charge in [-0.05, 0) is 97.4 Å². The van der Waals surface area contributed by atoms with E-state index in [4.69, 9.17) is 4.42 Å². The van der Waals surface area contributed by atoms with Gasteiger partial charge in [-0.2, -0.15) is 0 Å². The first-order chi connectivity index (χ1) is 28.7. The zero-order valence-corrected chi connectivity index (χ0v) is 31.7. The van der Waals surface area contributed by atoms with Crippen LogP contribution in [0.3, 0.4) is 0 Å². The molecule has 0 saturated heterocycles. The Morgan fingerprint density at radius 3 is 1.71 bits per heavy atom. The first-order valence-corrected chi connectivity index (χ1v) is 19.8. The minimum Gasteiger partial charge on any atom is -0.455 e. The average molecular weight is 740 g/mol. The third-order valence-electron chi connectivity index (χ3n) is 11.5. The van der Waals surface area contributed by atoms with Crippen LogP contribution < -0.4 is 4.90 Å². The molecule has 11 rings (SSSR count). The number of nitrogens with zero attached hydrogens (tertiary/aromatic N) is 1. The Hall–Kier alpha value is -7.68. The highest BCUT2D eigenvalue weighted by Gasteiger charge is 2.20. The summed E-state index contributed by atoms with van der Waals surface area (Å²) in [7, 11) is 0. The normalized spacial score (nSPS) is 11.4. The number of para-hydroxylation sites is 3. The van der Waals surface area contributed by atoms with E-state index >= 15 is 0 Å². The number of furan rings is 1. The maximum atomic E-state index is 6.45. The number of hydrogen-bond acceptors (Lipinski definition) is 2. The maximum absolute atomic E-state index is 6.45. The second-order valence-corrected chi connectivity index (χ2v) is 14.9. The lowest BCUT2D eigenvalue weighted by Gasteiger charge is -2.29. The van der Waals surface area contributed by atoms with Gasteiger partial charge in [0.15, 0.2) is 0 Å². The quantitative estimate of drug-likeness (QED) is 0.162. The summed E-state index contributed by atoms with van der Waals surface area (Å²) in [6, 6.07) is 80.7. The van der Waals surface area contributed by atoms with E-state index in [0.29, 0.717) is 0 Å². The molecule has 0 saturated carbocycles. The monoisotopic (exact) mass is 739 g/mol. The van der Waals surface area contributed by atoms with Crippen molar-refractivity contribution in [1.29, 1.82) is 0 Å². The van der Waals surface area contributed by atoms with E-state index in [2.05, 4.69) is 217 Å². The standard InChI is InChI=1S/C56H37NO/c1-2-14-43-36-45(31-30-38(43)12-1)40-28-26-39(27-29-40)44-16-9-17-47(37-44)57(54-24-7-5-19-51(54)50-22-10-15-41-13-3-4-18-48(41)50)46-34-32-42(33-35-46)49-21-11-23-53-52-20-6-8-25-55(52)58-56(49)53/h1-37H. The number of rotatable bonds is 7. The molecule has 0 radical (unpaired) electrons. The van der Waals surface area contributed by atoms with Crippen LogP contribution in [-0.2, 0) is 0 Å². The Balaban J connectivity index is 1.03. The summed E-state index contributed by atoms with van der Waals surface area (Å²) < 4.78 is 6.45. The Labute approximate surface area is 337 Å².